The average Bonchev–Trinajstić information content (AvgIpc) is 1.81. The summed E-state index contributed by atoms with van der Waals surface area (Å²) in [6.07, 6.45) is 1.40. The molecule has 78 valence electrons. The van der Waals surface area contributed by atoms with Crippen molar-refractivity contribution in [1.82, 2.24) is 0 Å². The summed E-state index contributed by atoms with van der Waals surface area (Å²) in [7, 11) is 0. The number of carbonyl (C=O) groups is 1. The normalized spacial score (nSPS) is 12.2. The fourth-order valence-electron chi connectivity index (χ4n) is 0.986. The molecule has 0 aliphatic rings. The smallest absolute Gasteiger partial charge is 0.188 e. The van der Waals surface area contributed by atoms with Crippen molar-refractivity contribution in [1.29, 1.82) is 0 Å². The number of hydrogen-bond acceptors (Lipinski definition) is 2. The molecular weight excluding hydrogens is 184 g/mol. The van der Waals surface area contributed by atoms with E-state index in [-0.39, 0.29) is 10.7 Å². The molecule has 0 aliphatic heterocycles. The highest BCUT2D eigenvalue weighted by Crippen LogP contribution is 2.17. The molecule has 0 N–H and O–H groups in total. The lowest BCUT2D eigenvalue weighted by molar-refractivity contribution is -0.117. The maximum Gasteiger partial charge on any atom is 0.188 e. The Kier molecular flexibility index (Phi) is 5.65. The maximum atomic E-state index is 10.7. The molecule has 0 fully saturated rings. The van der Waals surface area contributed by atoms with Crippen molar-refractivity contribution in [2.75, 3.05) is 6.61 Å². The zero-order valence-corrected chi connectivity index (χ0v) is 9.86. The Bertz CT molecular complexity index is 164. The molecule has 0 saturated carbocycles. The van der Waals surface area contributed by atoms with Crippen molar-refractivity contribution in [3.8, 4) is 0 Å². The van der Waals surface area contributed by atoms with Crippen LogP contribution in [0.2, 0.25) is 0 Å². The molecule has 0 aromatic heterocycles. The first-order valence-electron chi connectivity index (χ1n) is 4.69. The van der Waals surface area contributed by atoms with E-state index in [1.54, 1.807) is 0 Å². The van der Waals surface area contributed by atoms with Gasteiger partial charge >= 0.3 is 0 Å². The van der Waals surface area contributed by atoms with Crippen LogP contribution >= 0.6 is 12.6 Å². The van der Waals surface area contributed by atoms with Gasteiger partial charge in [-0.25, -0.2) is 0 Å². The molecule has 0 rings (SSSR count). The monoisotopic (exact) mass is 204 g/mol. The molecule has 3 heteroatoms. The summed E-state index contributed by atoms with van der Waals surface area (Å²) in [5.74, 6) is 0.641. The SMILES string of the molecule is CC(C)CCOC(C)(C)CC(=O)S. The van der Waals surface area contributed by atoms with Gasteiger partial charge in [-0.2, -0.15) is 0 Å². The molecule has 0 amide bonds. The minimum Gasteiger partial charge on any atom is -0.375 e. The van der Waals surface area contributed by atoms with Gasteiger partial charge in [-0.15, -0.1) is 12.6 Å². The molecular formula is C10H20O2S. The fraction of sp³-hybridized carbons (Fsp3) is 0.900. The van der Waals surface area contributed by atoms with Crippen molar-refractivity contribution >= 4 is 17.7 Å². The maximum absolute atomic E-state index is 10.7. The highest BCUT2D eigenvalue weighted by molar-refractivity contribution is 7.96. The molecule has 0 aromatic rings. The second-order valence-electron chi connectivity index (χ2n) is 4.36. The molecule has 0 unspecified atom stereocenters. The highest BCUT2D eigenvalue weighted by Gasteiger charge is 2.20. The van der Waals surface area contributed by atoms with Gasteiger partial charge in [0.2, 0.25) is 0 Å². The van der Waals surface area contributed by atoms with Crippen molar-refractivity contribution in [3.05, 3.63) is 0 Å². The van der Waals surface area contributed by atoms with Crippen LogP contribution in [0.15, 0.2) is 0 Å². The van der Waals surface area contributed by atoms with Crippen LogP contribution < -0.4 is 0 Å². The fourth-order valence-corrected chi connectivity index (χ4v) is 1.37. The van der Waals surface area contributed by atoms with Crippen molar-refractivity contribution in [2.45, 2.75) is 46.1 Å². The topological polar surface area (TPSA) is 26.3 Å². The van der Waals surface area contributed by atoms with Crippen LogP contribution in [-0.4, -0.2) is 17.3 Å². The quantitative estimate of drug-likeness (QED) is 0.673. The Hall–Kier alpha value is -0.0200. The summed E-state index contributed by atoms with van der Waals surface area (Å²) in [5.41, 5.74) is -0.367. The molecule has 0 radical (unpaired) electrons. The number of carbonyl (C=O) groups excluding carboxylic acids is 1. The van der Waals surface area contributed by atoms with Crippen LogP contribution in [0.25, 0.3) is 0 Å². The Morgan fingerprint density at radius 1 is 1.46 bits per heavy atom. The zero-order valence-electron chi connectivity index (χ0n) is 8.96. The summed E-state index contributed by atoms with van der Waals surface area (Å²) in [6.45, 7) is 8.86. The van der Waals surface area contributed by atoms with Crippen LogP contribution in [0.3, 0.4) is 0 Å². The standard InChI is InChI=1S/C10H20O2S/c1-8(2)5-6-12-10(3,4)7-9(11)13/h8H,5-7H2,1-4H3,(H,11,13). The van der Waals surface area contributed by atoms with E-state index in [2.05, 4.69) is 26.5 Å². The van der Waals surface area contributed by atoms with E-state index in [0.717, 1.165) is 6.42 Å². The number of hydrogen-bond donors (Lipinski definition) is 1. The van der Waals surface area contributed by atoms with E-state index in [9.17, 15) is 4.79 Å². The first-order chi connectivity index (χ1) is 5.83. The predicted molar refractivity (Wildman–Crippen MR) is 58.1 cm³/mol. The van der Waals surface area contributed by atoms with Gasteiger partial charge in [0.25, 0.3) is 0 Å². The number of rotatable bonds is 6. The van der Waals surface area contributed by atoms with Gasteiger partial charge in [0.05, 0.1) is 5.60 Å². The van der Waals surface area contributed by atoms with Crippen LogP contribution in [0.1, 0.15) is 40.5 Å². The van der Waals surface area contributed by atoms with Gasteiger partial charge in [-0.3, -0.25) is 4.79 Å². The van der Waals surface area contributed by atoms with Gasteiger partial charge < -0.3 is 4.74 Å². The largest absolute Gasteiger partial charge is 0.375 e. The molecule has 0 aromatic carbocycles. The molecule has 0 spiro atoms. The lowest BCUT2D eigenvalue weighted by atomic mass is 10.1. The Balaban J connectivity index is 3.69. The van der Waals surface area contributed by atoms with E-state index < -0.39 is 0 Å². The summed E-state index contributed by atoms with van der Waals surface area (Å²) in [5, 5.41) is -0.116. The third-order valence-corrected chi connectivity index (χ3v) is 1.92. The van der Waals surface area contributed by atoms with Crippen molar-refractivity contribution in [3.63, 3.8) is 0 Å². The molecule has 0 heterocycles. The molecule has 0 saturated heterocycles. The minimum absolute atomic E-state index is 0.116. The Morgan fingerprint density at radius 3 is 2.38 bits per heavy atom. The van der Waals surface area contributed by atoms with Gasteiger partial charge in [-0.05, 0) is 26.2 Å². The second-order valence-corrected chi connectivity index (χ2v) is 4.86. The van der Waals surface area contributed by atoms with Crippen molar-refractivity contribution in [2.24, 2.45) is 5.92 Å². The van der Waals surface area contributed by atoms with E-state index in [1.165, 1.54) is 0 Å². The highest BCUT2D eigenvalue weighted by atomic mass is 32.1. The summed E-state index contributed by atoms with van der Waals surface area (Å²) in [6, 6.07) is 0. The van der Waals surface area contributed by atoms with Crippen LogP contribution in [0, 0.1) is 5.92 Å². The third kappa shape index (κ3) is 8.31. The summed E-state index contributed by atoms with van der Waals surface area (Å²) >= 11 is 3.74. The van der Waals surface area contributed by atoms with Gasteiger partial charge in [0.15, 0.2) is 5.12 Å². The van der Waals surface area contributed by atoms with Gasteiger partial charge in [0.1, 0.15) is 0 Å². The molecule has 0 aliphatic carbocycles. The molecule has 0 atom stereocenters. The van der Waals surface area contributed by atoms with Crippen molar-refractivity contribution < 1.29 is 9.53 Å². The summed E-state index contributed by atoms with van der Waals surface area (Å²) < 4.78 is 5.58. The van der Waals surface area contributed by atoms with Gasteiger partial charge in [-0.1, -0.05) is 13.8 Å². The first-order valence-corrected chi connectivity index (χ1v) is 5.14. The average molecular weight is 204 g/mol. The van der Waals surface area contributed by atoms with E-state index in [4.69, 9.17) is 4.74 Å². The van der Waals surface area contributed by atoms with Crippen LogP contribution in [0.4, 0.5) is 0 Å². The van der Waals surface area contributed by atoms with E-state index in [1.807, 2.05) is 13.8 Å². The molecule has 2 nitrogen and oxygen atoms in total. The molecule has 13 heavy (non-hydrogen) atoms. The second kappa shape index (κ2) is 5.66. The van der Waals surface area contributed by atoms with Crippen LogP contribution in [-0.2, 0) is 9.53 Å². The van der Waals surface area contributed by atoms with E-state index in [0.29, 0.717) is 18.9 Å². The third-order valence-electron chi connectivity index (χ3n) is 1.76. The van der Waals surface area contributed by atoms with E-state index >= 15 is 0 Å². The Labute approximate surface area is 86.5 Å². The summed E-state index contributed by atoms with van der Waals surface area (Å²) in [4.78, 5) is 10.7. The zero-order chi connectivity index (χ0) is 10.5. The van der Waals surface area contributed by atoms with Crippen LogP contribution in [0.5, 0.6) is 0 Å². The molecule has 0 bridgehead atoms. The lowest BCUT2D eigenvalue weighted by Crippen LogP contribution is -2.27. The lowest BCUT2D eigenvalue weighted by Gasteiger charge is -2.24. The first kappa shape index (κ1) is 13.0. The Morgan fingerprint density at radius 2 is 2.00 bits per heavy atom. The minimum atomic E-state index is -0.367. The number of ether oxygens (including phenoxy) is 1. The van der Waals surface area contributed by atoms with Gasteiger partial charge in [0, 0.05) is 13.0 Å². The number of thiol groups is 1. The predicted octanol–water partition coefficient (Wildman–Crippen LogP) is 2.67.